The number of ether oxygens (including phenoxy) is 2. The van der Waals surface area contributed by atoms with Crippen molar-refractivity contribution >= 4 is 23.5 Å². The predicted molar refractivity (Wildman–Crippen MR) is 153 cm³/mol. The summed E-state index contributed by atoms with van der Waals surface area (Å²) in [6.45, 7) is 2.44. The van der Waals surface area contributed by atoms with Crippen LogP contribution >= 0.6 is 0 Å². The van der Waals surface area contributed by atoms with Crippen LogP contribution in [0.2, 0.25) is 0 Å². The third kappa shape index (κ3) is 5.40. The summed E-state index contributed by atoms with van der Waals surface area (Å²) >= 11 is 0. The monoisotopic (exact) mass is 632 g/mol. The minimum absolute atomic E-state index is 0.00768. The zero-order valence-electron chi connectivity index (χ0n) is 24.7. The highest BCUT2D eigenvalue weighted by Crippen LogP contribution is 2.61. The third-order valence-electron chi connectivity index (χ3n) is 10.7. The molecular formula is C32H36F4N4O5. The number of hydrogen-bond acceptors (Lipinski definition) is 7. The lowest BCUT2D eigenvalue weighted by molar-refractivity contribution is -0.174. The quantitative estimate of drug-likeness (QED) is 0.368. The molecule has 4 saturated carbocycles. The number of carbonyl (C=O) groups excluding carboxylic acids is 1. The molecule has 0 spiro atoms. The Morgan fingerprint density at radius 3 is 2.53 bits per heavy atom. The van der Waals surface area contributed by atoms with Crippen LogP contribution in [-0.2, 0) is 22.1 Å². The maximum Gasteiger partial charge on any atom is 0.434 e. The number of carbonyl (C=O) groups is 2. The topological polar surface area (TPSA) is 114 Å². The van der Waals surface area contributed by atoms with Gasteiger partial charge < -0.3 is 24.8 Å². The van der Waals surface area contributed by atoms with Gasteiger partial charge in [-0.3, -0.25) is 4.79 Å². The number of aromatic nitrogens is 2. The van der Waals surface area contributed by atoms with Crippen molar-refractivity contribution in [3.63, 3.8) is 0 Å². The second-order valence-electron chi connectivity index (χ2n) is 13.4. The largest absolute Gasteiger partial charge is 0.494 e. The van der Waals surface area contributed by atoms with E-state index in [1.165, 1.54) is 0 Å². The Kier molecular flexibility index (Phi) is 7.44. The van der Waals surface area contributed by atoms with E-state index in [0.717, 1.165) is 44.2 Å². The predicted octanol–water partition coefficient (Wildman–Crippen LogP) is 5.49. The molecule has 5 fully saturated rings. The lowest BCUT2D eigenvalue weighted by atomic mass is 9.47. The number of carboxylic acids is 1. The van der Waals surface area contributed by atoms with Crippen LogP contribution in [0.15, 0.2) is 24.4 Å². The summed E-state index contributed by atoms with van der Waals surface area (Å²) < 4.78 is 69.8. The zero-order chi connectivity index (χ0) is 31.6. The van der Waals surface area contributed by atoms with Crippen LogP contribution in [0, 0.1) is 23.7 Å². The van der Waals surface area contributed by atoms with Crippen LogP contribution in [0.3, 0.4) is 0 Å². The number of halogens is 4. The number of aliphatic carboxylic acids is 1. The van der Waals surface area contributed by atoms with E-state index >= 15 is 4.39 Å². The first-order chi connectivity index (χ1) is 21.4. The number of alkyl halides is 4. The van der Waals surface area contributed by atoms with Crippen molar-refractivity contribution in [3.05, 3.63) is 41.2 Å². The van der Waals surface area contributed by atoms with Gasteiger partial charge in [-0.2, -0.15) is 13.2 Å². The summed E-state index contributed by atoms with van der Waals surface area (Å²) in [6.07, 6.45) is 0.411. The fourth-order valence-corrected chi connectivity index (χ4v) is 8.71. The van der Waals surface area contributed by atoms with Crippen molar-refractivity contribution in [3.8, 4) is 5.75 Å². The van der Waals surface area contributed by atoms with Crippen LogP contribution in [0.4, 0.5) is 29.2 Å². The van der Waals surface area contributed by atoms with E-state index in [9.17, 15) is 27.9 Å². The molecule has 9 nitrogen and oxygen atoms in total. The average Bonchev–Trinajstić information content (AvgIpc) is 3.41. The molecule has 242 valence electrons. The van der Waals surface area contributed by atoms with Crippen molar-refractivity contribution in [2.45, 2.75) is 75.2 Å². The van der Waals surface area contributed by atoms with Gasteiger partial charge in [0, 0.05) is 31.6 Å². The highest BCUT2D eigenvalue weighted by Gasteiger charge is 2.66. The molecule has 4 bridgehead atoms. The minimum atomic E-state index is -5.02. The van der Waals surface area contributed by atoms with Gasteiger partial charge in [0.2, 0.25) is 5.95 Å². The fourth-order valence-electron chi connectivity index (χ4n) is 8.71. The van der Waals surface area contributed by atoms with Crippen LogP contribution in [0.5, 0.6) is 5.75 Å². The molecule has 0 unspecified atom stereocenters. The van der Waals surface area contributed by atoms with Crippen molar-refractivity contribution in [2.24, 2.45) is 23.7 Å². The van der Waals surface area contributed by atoms with Gasteiger partial charge >= 0.3 is 12.1 Å². The van der Waals surface area contributed by atoms with Crippen molar-refractivity contribution in [1.29, 1.82) is 0 Å². The van der Waals surface area contributed by atoms with E-state index < -0.39 is 52.4 Å². The number of hydrogen-bond donors (Lipinski definition) is 2. The molecule has 1 aromatic carbocycles. The molecule has 6 aliphatic rings. The van der Waals surface area contributed by atoms with E-state index in [2.05, 4.69) is 15.3 Å². The number of nitrogens with zero attached hydrogens (tertiary/aromatic N) is 3. The number of carboxylic acid groups (broad SMARTS) is 1. The summed E-state index contributed by atoms with van der Waals surface area (Å²) in [5, 5.41) is 12.8. The van der Waals surface area contributed by atoms with Crippen molar-refractivity contribution in [1.82, 2.24) is 15.3 Å². The Hall–Kier alpha value is -3.48. The van der Waals surface area contributed by atoms with E-state index in [1.807, 2.05) is 6.07 Å². The van der Waals surface area contributed by atoms with E-state index in [4.69, 9.17) is 9.47 Å². The van der Waals surface area contributed by atoms with Crippen LogP contribution in [0.1, 0.15) is 73.0 Å². The van der Waals surface area contributed by atoms with Crippen LogP contribution in [-0.4, -0.2) is 64.5 Å². The molecule has 45 heavy (non-hydrogen) atoms. The molecule has 13 heteroatoms. The molecule has 1 aromatic heterocycles. The number of benzene rings is 1. The van der Waals surface area contributed by atoms with Gasteiger partial charge in [0.05, 0.1) is 12.2 Å². The van der Waals surface area contributed by atoms with Gasteiger partial charge in [0.1, 0.15) is 17.0 Å². The third-order valence-corrected chi connectivity index (χ3v) is 10.7. The van der Waals surface area contributed by atoms with Gasteiger partial charge in [-0.1, -0.05) is 0 Å². The highest BCUT2D eigenvalue weighted by atomic mass is 19.4. The van der Waals surface area contributed by atoms with Crippen molar-refractivity contribution in [2.75, 3.05) is 31.3 Å². The van der Waals surface area contributed by atoms with Crippen LogP contribution in [0.25, 0.3) is 0 Å². The lowest BCUT2D eigenvalue weighted by Crippen LogP contribution is -2.72. The van der Waals surface area contributed by atoms with Crippen molar-refractivity contribution < 1.29 is 41.7 Å². The SMILES string of the molecule is O=C(N[C@@]1(C(=O)O)[C@@H]2C[C@@H]3C[C@H]1C[C@@](F)(C3)C2)c1cnc(N2CCc3cc(OCCC4CCOCC4)ccc32)nc1C(F)(F)F. The second kappa shape index (κ2) is 11.1. The van der Waals surface area contributed by atoms with Gasteiger partial charge in [0.15, 0.2) is 5.69 Å². The zero-order valence-corrected chi connectivity index (χ0v) is 24.7. The maximum absolute atomic E-state index is 15.3. The molecule has 2 aromatic rings. The second-order valence-corrected chi connectivity index (χ2v) is 13.4. The van der Waals surface area contributed by atoms with E-state index in [-0.39, 0.29) is 24.7 Å². The van der Waals surface area contributed by atoms with Gasteiger partial charge in [0.25, 0.3) is 5.91 Å². The molecule has 1 saturated heterocycles. The number of rotatable bonds is 8. The maximum atomic E-state index is 15.3. The molecule has 2 aliphatic heterocycles. The Morgan fingerprint density at radius 2 is 1.87 bits per heavy atom. The molecule has 5 atom stereocenters. The molecule has 0 radical (unpaired) electrons. The van der Waals surface area contributed by atoms with E-state index in [1.54, 1.807) is 17.0 Å². The summed E-state index contributed by atoms with van der Waals surface area (Å²) in [6, 6.07) is 5.42. The number of nitrogens with one attached hydrogen (secondary N) is 1. The summed E-state index contributed by atoms with van der Waals surface area (Å²) in [5.41, 5.74) is -4.11. The number of amides is 1. The Labute approximate surface area is 257 Å². The van der Waals surface area contributed by atoms with Crippen LogP contribution < -0.4 is 15.0 Å². The molecule has 2 N–H and O–H groups in total. The molecule has 8 rings (SSSR count). The Bertz CT molecular complexity index is 1480. The number of fused-ring (bicyclic) bond motifs is 1. The lowest BCUT2D eigenvalue weighted by Gasteiger charge is -2.61. The summed E-state index contributed by atoms with van der Waals surface area (Å²) in [4.78, 5) is 35.6. The van der Waals surface area contributed by atoms with Gasteiger partial charge in [-0.05, 0) is 105 Å². The Morgan fingerprint density at radius 1 is 1.13 bits per heavy atom. The minimum Gasteiger partial charge on any atom is -0.494 e. The average molecular weight is 633 g/mol. The number of anilines is 2. The summed E-state index contributed by atoms with van der Waals surface area (Å²) in [7, 11) is 0. The normalized spacial score (nSPS) is 30.8. The molecular weight excluding hydrogens is 596 g/mol. The molecule has 1 amide bonds. The summed E-state index contributed by atoms with van der Waals surface area (Å²) in [5.74, 6) is -2.94. The first-order valence-electron chi connectivity index (χ1n) is 15.8. The molecule has 4 aliphatic carbocycles. The molecule has 3 heterocycles. The Balaban J connectivity index is 1.10. The standard InChI is InChI=1S/C32H36F4N4O5/c33-30-14-19-11-21(15-30)31(28(42)43,22(12-19)16-30)39-27(41)24-17-37-29(38-26(24)32(34,35)36)40-7-3-20-13-23(1-2-25(20)40)45-10-6-18-4-8-44-9-5-18/h1-2,13,17-19,21-22H,3-12,14-16H2,(H,39,41)(H,42,43)/t19-,21-,22+,30-,31+. The first kappa shape index (κ1) is 30.2. The van der Waals surface area contributed by atoms with Gasteiger partial charge in [-0.15, -0.1) is 0 Å². The first-order valence-corrected chi connectivity index (χ1v) is 15.8. The van der Waals surface area contributed by atoms with Gasteiger partial charge in [-0.25, -0.2) is 19.2 Å². The highest BCUT2D eigenvalue weighted by molar-refractivity contribution is 5.99. The fraction of sp³-hybridized carbons (Fsp3) is 0.625. The smallest absolute Gasteiger partial charge is 0.434 e. The van der Waals surface area contributed by atoms with E-state index in [0.29, 0.717) is 56.2 Å².